The molecule has 0 aliphatic heterocycles. The average Bonchev–Trinajstić information content (AvgIpc) is 2.97. The zero-order chi connectivity index (χ0) is 18.1. The van der Waals surface area contributed by atoms with E-state index in [4.69, 9.17) is 5.84 Å². The van der Waals surface area contributed by atoms with Gasteiger partial charge in [-0.2, -0.15) is 0 Å². The molecule has 25 heavy (non-hydrogen) atoms. The highest BCUT2D eigenvalue weighted by atomic mass is 32.2. The Balaban J connectivity index is 1.81. The molecule has 6 nitrogen and oxygen atoms in total. The Bertz CT molecular complexity index is 669. The molecule has 0 aliphatic carbocycles. The zero-order valence-corrected chi connectivity index (χ0v) is 15.8. The molecule has 3 N–H and O–H groups in total. The van der Waals surface area contributed by atoms with Crippen LogP contribution in [-0.4, -0.2) is 26.5 Å². The van der Waals surface area contributed by atoms with E-state index in [1.165, 1.54) is 34.8 Å². The summed E-state index contributed by atoms with van der Waals surface area (Å²) in [7, 11) is 0. The minimum absolute atomic E-state index is 0.0792. The summed E-state index contributed by atoms with van der Waals surface area (Å²) in [5, 5.41) is 11.6. The van der Waals surface area contributed by atoms with Crippen LogP contribution in [0.3, 0.4) is 0 Å². The van der Waals surface area contributed by atoms with E-state index in [9.17, 15) is 4.79 Å². The van der Waals surface area contributed by atoms with Crippen LogP contribution >= 0.6 is 11.8 Å². The normalized spacial score (nSPS) is 10.8. The predicted molar refractivity (Wildman–Crippen MR) is 103 cm³/mol. The number of amides is 1. The average molecular weight is 362 g/mol. The van der Waals surface area contributed by atoms with Crippen molar-refractivity contribution in [1.29, 1.82) is 0 Å². The molecule has 0 radical (unpaired) electrons. The highest BCUT2D eigenvalue weighted by molar-refractivity contribution is 7.99. The Labute approximate surface area is 153 Å². The molecule has 1 amide bonds. The summed E-state index contributed by atoms with van der Waals surface area (Å²) in [4.78, 5) is 12.1. The molecule has 0 saturated carbocycles. The fourth-order valence-electron chi connectivity index (χ4n) is 2.37. The van der Waals surface area contributed by atoms with Crippen LogP contribution in [0, 0.1) is 0 Å². The first-order valence-electron chi connectivity index (χ1n) is 8.85. The largest absolute Gasteiger partial charge is 0.336 e. The van der Waals surface area contributed by atoms with Gasteiger partial charge in [-0.05, 0) is 37.0 Å². The molecule has 0 fully saturated rings. The summed E-state index contributed by atoms with van der Waals surface area (Å²) >= 11 is 1.30. The van der Waals surface area contributed by atoms with Gasteiger partial charge in [-0.25, -0.2) is 4.68 Å². The molecule has 7 heteroatoms. The van der Waals surface area contributed by atoms with E-state index in [1.54, 1.807) is 0 Å². The summed E-state index contributed by atoms with van der Waals surface area (Å²) in [5.74, 6) is 6.91. The number of hydrogen-bond donors (Lipinski definition) is 2. The number of carbonyl (C=O) groups is 1. The van der Waals surface area contributed by atoms with E-state index < -0.39 is 0 Å². The molecule has 0 saturated heterocycles. The summed E-state index contributed by atoms with van der Waals surface area (Å²) in [6.07, 6.45) is 6.35. The van der Waals surface area contributed by atoms with Crippen LogP contribution in [0.2, 0.25) is 0 Å². The second-order valence-electron chi connectivity index (χ2n) is 6.01. The zero-order valence-electron chi connectivity index (χ0n) is 15.0. The number of nitrogens with two attached hydrogens (primary N) is 1. The smallest absolute Gasteiger partial charge is 0.234 e. The Morgan fingerprint density at radius 2 is 1.80 bits per heavy atom. The first-order valence-corrected chi connectivity index (χ1v) is 9.83. The molecule has 2 rings (SSSR count). The summed E-state index contributed by atoms with van der Waals surface area (Å²) in [6, 6.07) is 8.02. The van der Waals surface area contributed by atoms with Crippen molar-refractivity contribution in [3.63, 3.8) is 0 Å². The van der Waals surface area contributed by atoms with Crippen molar-refractivity contribution in [3.05, 3.63) is 35.7 Å². The highest BCUT2D eigenvalue weighted by Gasteiger charge is 2.12. The van der Waals surface area contributed by atoms with Gasteiger partial charge in [-0.15, -0.1) is 10.2 Å². The number of nitrogens with one attached hydrogen (secondary N) is 1. The number of aryl methyl sites for hydroxylation is 2. The SMILES string of the molecule is CCCCc1ccc(NC(=O)CSc2nnc(CCCC)n2N)cc1. The number of unbranched alkanes of at least 4 members (excludes halogenated alkanes) is 2. The minimum atomic E-state index is -0.0792. The maximum atomic E-state index is 12.1. The number of hydrogen-bond acceptors (Lipinski definition) is 5. The summed E-state index contributed by atoms with van der Waals surface area (Å²) in [5.41, 5.74) is 2.11. The topological polar surface area (TPSA) is 85.8 Å². The lowest BCUT2D eigenvalue weighted by Gasteiger charge is -2.07. The maximum absolute atomic E-state index is 12.1. The van der Waals surface area contributed by atoms with Crippen LogP contribution in [0.4, 0.5) is 5.69 Å². The fraction of sp³-hybridized carbons (Fsp3) is 0.500. The van der Waals surface area contributed by atoms with Gasteiger partial charge in [0.2, 0.25) is 11.1 Å². The van der Waals surface area contributed by atoms with E-state index in [0.717, 1.165) is 37.2 Å². The molecule has 0 atom stereocenters. The second-order valence-corrected chi connectivity index (χ2v) is 6.95. The number of aromatic nitrogens is 3. The number of anilines is 1. The van der Waals surface area contributed by atoms with Gasteiger partial charge in [0.05, 0.1) is 5.75 Å². The number of nitrogens with zero attached hydrogens (tertiary/aromatic N) is 3. The predicted octanol–water partition coefficient (Wildman–Crippen LogP) is 3.41. The molecular formula is C18H27N5OS. The molecule has 0 aliphatic rings. The van der Waals surface area contributed by atoms with Gasteiger partial charge in [0.25, 0.3) is 0 Å². The van der Waals surface area contributed by atoms with Crippen LogP contribution in [0.1, 0.15) is 50.9 Å². The van der Waals surface area contributed by atoms with Gasteiger partial charge < -0.3 is 11.2 Å². The lowest BCUT2D eigenvalue weighted by atomic mass is 10.1. The van der Waals surface area contributed by atoms with E-state index in [2.05, 4.69) is 41.5 Å². The number of rotatable bonds is 10. The molecule has 0 unspecified atom stereocenters. The highest BCUT2D eigenvalue weighted by Crippen LogP contribution is 2.17. The van der Waals surface area contributed by atoms with E-state index in [1.807, 2.05) is 12.1 Å². The van der Waals surface area contributed by atoms with Gasteiger partial charge in [-0.3, -0.25) is 4.79 Å². The van der Waals surface area contributed by atoms with Crippen molar-refractivity contribution in [2.24, 2.45) is 0 Å². The van der Waals surface area contributed by atoms with Gasteiger partial charge >= 0.3 is 0 Å². The number of benzene rings is 1. The Kier molecular flexibility index (Phi) is 7.78. The number of carbonyl (C=O) groups excluding carboxylic acids is 1. The summed E-state index contributed by atoms with van der Waals surface area (Å²) < 4.78 is 1.48. The van der Waals surface area contributed by atoms with Crippen molar-refractivity contribution in [2.45, 2.75) is 57.5 Å². The van der Waals surface area contributed by atoms with Crippen LogP contribution in [0.15, 0.2) is 29.4 Å². The maximum Gasteiger partial charge on any atom is 0.234 e. The van der Waals surface area contributed by atoms with Crippen molar-refractivity contribution in [1.82, 2.24) is 14.9 Å². The molecule has 0 bridgehead atoms. The van der Waals surface area contributed by atoms with Gasteiger partial charge in [0.15, 0.2) is 5.82 Å². The first kappa shape index (κ1) is 19.3. The van der Waals surface area contributed by atoms with Gasteiger partial charge in [0, 0.05) is 12.1 Å². The first-order chi connectivity index (χ1) is 12.1. The number of nitrogen functional groups attached to an aromatic ring is 1. The third-order valence-electron chi connectivity index (χ3n) is 3.88. The Morgan fingerprint density at radius 3 is 2.48 bits per heavy atom. The second kappa shape index (κ2) is 10.1. The molecule has 2 aromatic rings. The molecule has 1 aromatic heterocycles. The minimum Gasteiger partial charge on any atom is -0.336 e. The molecule has 1 heterocycles. The van der Waals surface area contributed by atoms with E-state index in [-0.39, 0.29) is 11.7 Å². The lowest BCUT2D eigenvalue weighted by molar-refractivity contribution is -0.113. The molecule has 1 aromatic carbocycles. The Morgan fingerprint density at radius 1 is 1.12 bits per heavy atom. The lowest BCUT2D eigenvalue weighted by Crippen LogP contribution is -2.17. The standard InChI is InChI=1S/C18H27N5OS/c1-3-5-7-14-9-11-15(12-10-14)20-17(24)13-25-18-22-21-16(23(18)19)8-6-4-2/h9-12H,3-8,13,19H2,1-2H3,(H,20,24). The van der Waals surface area contributed by atoms with Crippen molar-refractivity contribution in [3.8, 4) is 0 Å². The van der Waals surface area contributed by atoms with Crippen molar-refractivity contribution < 1.29 is 4.79 Å². The number of thioether (sulfide) groups is 1. The van der Waals surface area contributed by atoms with Crippen LogP contribution < -0.4 is 11.2 Å². The Hall–Kier alpha value is -2.02. The van der Waals surface area contributed by atoms with Crippen molar-refractivity contribution in [2.75, 3.05) is 16.9 Å². The fourth-order valence-corrected chi connectivity index (χ4v) is 3.05. The van der Waals surface area contributed by atoms with Crippen molar-refractivity contribution >= 4 is 23.4 Å². The van der Waals surface area contributed by atoms with E-state index >= 15 is 0 Å². The van der Waals surface area contributed by atoms with Crippen LogP contribution in [-0.2, 0) is 17.6 Å². The third kappa shape index (κ3) is 6.08. The van der Waals surface area contributed by atoms with Crippen LogP contribution in [0.25, 0.3) is 0 Å². The van der Waals surface area contributed by atoms with Gasteiger partial charge in [0.1, 0.15) is 0 Å². The summed E-state index contributed by atoms with van der Waals surface area (Å²) in [6.45, 7) is 4.30. The van der Waals surface area contributed by atoms with E-state index in [0.29, 0.717) is 5.16 Å². The molecular weight excluding hydrogens is 334 g/mol. The molecule has 0 spiro atoms. The van der Waals surface area contributed by atoms with Crippen LogP contribution in [0.5, 0.6) is 0 Å². The van der Waals surface area contributed by atoms with Gasteiger partial charge in [-0.1, -0.05) is 50.6 Å². The monoisotopic (exact) mass is 361 g/mol. The third-order valence-corrected chi connectivity index (χ3v) is 4.82. The molecule has 136 valence electrons. The quantitative estimate of drug-likeness (QED) is 0.500.